The number of rotatable bonds is 6. The number of hydrogen-bond donors (Lipinski definition) is 1. The van der Waals surface area contributed by atoms with Gasteiger partial charge in [0, 0.05) is 24.5 Å². The second kappa shape index (κ2) is 6.25. The van der Waals surface area contributed by atoms with Crippen LogP contribution in [0, 0.1) is 5.92 Å². The summed E-state index contributed by atoms with van der Waals surface area (Å²) in [5.74, 6) is 0.953. The van der Waals surface area contributed by atoms with Crippen LogP contribution in [0.25, 0.3) is 0 Å². The van der Waals surface area contributed by atoms with Gasteiger partial charge in [-0.15, -0.1) is 0 Å². The molecule has 0 aromatic heterocycles. The minimum absolute atomic E-state index is 0.0828. The van der Waals surface area contributed by atoms with Gasteiger partial charge in [-0.1, -0.05) is 33.1 Å². The van der Waals surface area contributed by atoms with Gasteiger partial charge in [0.15, 0.2) is 0 Å². The fraction of sp³-hybridized carbons (Fsp3) is 0.938. The topological polar surface area (TPSA) is 32.3 Å². The van der Waals surface area contributed by atoms with Gasteiger partial charge in [-0.2, -0.15) is 0 Å². The zero-order valence-corrected chi connectivity index (χ0v) is 12.9. The molecular weight excluding hydrogens is 236 g/mol. The van der Waals surface area contributed by atoms with E-state index >= 15 is 0 Å². The molecule has 0 atom stereocenters. The second-order valence-electron chi connectivity index (χ2n) is 6.94. The predicted molar refractivity (Wildman–Crippen MR) is 79.1 cm³/mol. The zero-order chi connectivity index (χ0) is 13.9. The molecule has 0 radical (unpaired) electrons. The summed E-state index contributed by atoms with van der Waals surface area (Å²) in [6.07, 6.45) is 9.31. The van der Waals surface area contributed by atoms with Crippen LogP contribution in [0.2, 0.25) is 0 Å². The molecule has 2 saturated carbocycles. The maximum absolute atomic E-state index is 12.7. The Labute approximate surface area is 118 Å². The molecule has 0 heterocycles. The van der Waals surface area contributed by atoms with Crippen molar-refractivity contribution in [2.24, 2.45) is 5.92 Å². The molecule has 0 unspecified atom stereocenters. The van der Waals surface area contributed by atoms with E-state index in [2.05, 4.69) is 24.1 Å². The van der Waals surface area contributed by atoms with Crippen molar-refractivity contribution in [1.82, 2.24) is 10.2 Å². The summed E-state index contributed by atoms with van der Waals surface area (Å²) in [6.45, 7) is 5.34. The third-order valence-corrected chi connectivity index (χ3v) is 4.70. The maximum atomic E-state index is 12.7. The molecule has 0 saturated heterocycles. The average Bonchev–Trinajstić information content (AvgIpc) is 3.21. The summed E-state index contributed by atoms with van der Waals surface area (Å²) in [7, 11) is 2.03. The molecule has 0 spiro atoms. The second-order valence-corrected chi connectivity index (χ2v) is 6.94. The molecule has 3 nitrogen and oxygen atoms in total. The van der Waals surface area contributed by atoms with Crippen LogP contribution < -0.4 is 5.32 Å². The third kappa shape index (κ3) is 3.95. The highest BCUT2D eigenvalue weighted by Crippen LogP contribution is 2.34. The van der Waals surface area contributed by atoms with Crippen LogP contribution in [0.15, 0.2) is 0 Å². The predicted octanol–water partition coefficient (Wildman–Crippen LogP) is 2.95. The molecule has 110 valence electrons. The van der Waals surface area contributed by atoms with Gasteiger partial charge < -0.3 is 10.2 Å². The number of carbonyl (C=O) groups excluding carboxylic acids is 1. The number of hydrogen-bond acceptors (Lipinski definition) is 2. The van der Waals surface area contributed by atoms with Crippen molar-refractivity contribution in [3.63, 3.8) is 0 Å². The van der Waals surface area contributed by atoms with Crippen molar-refractivity contribution >= 4 is 5.91 Å². The normalized spacial score (nSPS) is 22.5. The van der Waals surface area contributed by atoms with Crippen LogP contribution >= 0.6 is 0 Å². The molecule has 19 heavy (non-hydrogen) atoms. The lowest BCUT2D eigenvalue weighted by Crippen LogP contribution is -2.49. The summed E-state index contributed by atoms with van der Waals surface area (Å²) in [5, 5.41) is 3.47. The largest absolute Gasteiger partial charge is 0.339 e. The van der Waals surface area contributed by atoms with Crippen LogP contribution in [-0.2, 0) is 4.79 Å². The first-order valence-corrected chi connectivity index (χ1v) is 8.05. The SMILES string of the molecule is CNC1(CC(=O)N(CC(C)C)C2CC2)CCCCC1. The highest BCUT2D eigenvalue weighted by Gasteiger charge is 2.38. The third-order valence-electron chi connectivity index (χ3n) is 4.70. The molecule has 2 rings (SSSR count). The minimum atomic E-state index is 0.0828. The van der Waals surface area contributed by atoms with E-state index in [4.69, 9.17) is 0 Å². The summed E-state index contributed by atoms with van der Waals surface area (Å²) in [6, 6.07) is 0.549. The Morgan fingerprint density at radius 2 is 1.89 bits per heavy atom. The Kier molecular flexibility index (Phi) is 4.88. The molecular formula is C16H30N2O. The van der Waals surface area contributed by atoms with Crippen LogP contribution in [-0.4, -0.2) is 36.0 Å². The summed E-state index contributed by atoms with van der Waals surface area (Å²) in [4.78, 5) is 14.8. The molecule has 0 aromatic carbocycles. The lowest BCUT2D eigenvalue weighted by atomic mass is 9.79. The molecule has 1 N–H and O–H groups in total. The highest BCUT2D eigenvalue weighted by molar-refractivity contribution is 5.78. The van der Waals surface area contributed by atoms with Crippen LogP contribution in [0.1, 0.15) is 65.2 Å². The standard InChI is InChI=1S/C16H30N2O/c1-13(2)12-18(14-7-8-14)15(19)11-16(17-3)9-5-4-6-10-16/h13-14,17H,4-12H2,1-3H3. The van der Waals surface area contributed by atoms with Crippen molar-refractivity contribution in [3.8, 4) is 0 Å². The Bertz CT molecular complexity index is 304. The van der Waals surface area contributed by atoms with Gasteiger partial charge in [-0.05, 0) is 38.6 Å². The van der Waals surface area contributed by atoms with Gasteiger partial charge in [0.2, 0.25) is 5.91 Å². The number of amides is 1. The highest BCUT2D eigenvalue weighted by atomic mass is 16.2. The van der Waals surface area contributed by atoms with E-state index in [-0.39, 0.29) is 5.54 Å². The van der Waals surface area contributed by atoms with Crippen LogP contribution in [0.5, 0.6) is 0 Å². The Balaban J connectivity index is 1.96. The fourth-order valence-electron chi connectivity index (χ4n) is 3.37. The van der Waals surface area contributed by atoms with Gasteiger partial charge in [0.05, 0.1) is 0 Å². The number of nitrogens with one attached hydrogen (secondary N) is 1. The first-order chi connectivity index (χ1) is 9.06. The minimum Gasteiger partial charge on any atom is -0.339 e. The molecule has 0 bridgehead atoms. The van der Waals surface area contributed by atoms with Crippen molar-refractivity contribution in [3.05, 3.63) is 0 Å². The maximum Gasteiger partial charge on any atom is 0.224 e. The Hall–Kier alpha value is -0.570. The van der Waals surface area contributed by atoms with E-state index in [0.29, 0.717) is 24.3 Å². The van der Waals surface area contributed by atoms with Gasteiger partial charge in [0.1, 0.15) is 0 Å². The van der Waals surface area contributed by atoms with Gasteiger partial charge >= 0.3 is 0 Å². The lowest BCUT2D eigenvalue weighted by molar-refractivity contribution is -0.134. The molecule has 2 aliphatic rings. The monoisotopic (exact) mass is 266 g/mol. The summed E-state index contributed by atoms with van der Waals surface area (Å²) < 4.78 is 0. The number of nitrogens with zero attached hydrogens (tertiary/aromatic N) is 1. The van der Waals surface area contributed by atoms with Crippen molar-refractivity contribution in [1.29, 1.82) is 0 Å². The summed E-state index contributed by atoms with van der Waals surface area (Å²) in [5.41, 5.74) is 0.0828. The molecule has 3 heteroatoms. The van der Waals surface area contributed by atoms with Crippen molar-refractivity contribution < 1.29 is 4.79 Å². The quantitative estimate of drug-likeness (QED) is 0.801. The van der Waals surface area contributed by atoms with Gasteiger partial charge in [-0.25, -0.2) is 0 Å². The first kappa shape index (κ1) is 14.8. The van der Waals surface area contributed by atoms with Crippen LogP contribution in [0.3, 0.4) is 0 Å². The molecule has 0 aliphatic heterocycles. The molecule has 1 amide bonds. The van der Waals surface area contributed by atoms with Crippen molar-refractivity contribution in [2.45, 2.75) is 76.8 Å². The van der Waals surface area contributed by atoms with E-state index in [9.17, 15) is 4.79 Å². The van der Waals surface area contributed by atoms with E-state index in [1.807, 2.05) is 7.05 Å². The smallest absolute Gasteiger partial charge is 0.224 e. The first-order valence-electron chi connectivity index (χ1n) is 8.05. The lowest BCUT2D eigenvalue weighted by Gasteiger charge is -2.38. The Morgan fingerprint density at radius 1 is 1.26 bits per heavy atom. The van der Waals surface area contributed by atoms with Crippen LogP contribution in [0.4, 0.5) is 0 Å². The summed E-state index contributed by atoms with van der Waals surface area (Å²) >= 11 is 0. The molecule has 2 aliphatic carbocycles. The van der Waals surface area contributed by atoms with Gasteiger partial charge in [-0.3, -0.25) is 4.79 Å². The zero-order valence-electron chi connectivity index (χ0n) is 12.9. The molecule has 2 fully saturated rings. The molecule has 0 aromatic rings. The van der Waals surface area contributed by atoms with E-state index < -0.39 is 0 Å². The van der Waals surface area contributed by atoms with Gasteiger partial charge in [0.25, 0.3) is 0 Å². The fourth-order valence-corrected chi connectivity index (χ4v) is 3.37. The average molecular weight is 266 g/mol. The van der Waals surface area contributed by atoms with Crippen molar-refractivity contribution in [2.75, 3.05) is 13.6 Å². The Morgan fingerprint density at radius 3 is 2.37 bits per heavy atom. The number of carbonyl (C=O) groups is 1. The van der Waals surface area contributed by atoms with E-state index in [0.717, 1.165) is 19.4 Å². The van der Waals surface area contributed by atoms with E-state index in [1.165, 1.54) is 32.1 Å². The van der Waals surface area contributed by atoms with E-state index in [1.54, 1.807) is 0 Å².